The Morgan fingerprint density at radius 1 is 1.05 bits per heavy atom. The van der Waals surface area contributed by atoms with Crippen molar-refractivity contribution >= 4 is 5.65 Å². The van der Waals surface area contributed by atoms with Crippen LogP contribution in [0.15, 0.2) is 42.7 Å². The highest BCUT2D eigenvalue weighted by Crippen LogP contribution is 2.32. The monoisotopic (exact) mass is 268 g/mol. The van der Waals surface area contributed by atoms with Crippen LogP contribution in [-0.2, 0) is 0 Å². The summed E-state index contributed by atoms with van der Waals surface area (Å²) >= 11 is 0. The maximum atomic E-state index is 5.41. The highest BCUT2D eigenvalue weighted by molar-refractivity contribution is 5.71. The van der Waals surface area contributed by atoms with E-state index in [0.717, 1.165) is 28.4 Å². The molecule has 0 radical (unpaired) electrons. The third kappa shape index (κ3) is 2.09. The van der Waals surface area contributed by atoms with E-state index in [1.165, 1.54) is 5.56 Å². The number of fused-ring (bicyclic) bond motifs is 1. The number of hydrogen-bond acceptors (Lipinski definition) is 3. The number of nitrogens with zero attached hydrogens (tertiary/aromatic N) is 2. The maximum absolute atomic E-state index is 5.41. The molecule has 0 aliphatic rings. The van der Waals surface area contributed by atoms with Crippen molar-refractivity contribution in [2.24, 2.45) is 0 Å². The molecular weight excluding hydrogens is 252 g/mol. The van der Waals surface area contributed by atoms with Crippen molar-refractivity contribution in [2.45, 2.75) is 6.92 Å². The molecule has 2 aromatic heterocycles. The Hall–Kier alpha value is -2.49. The van der Waals surface area contributed by atoms with E-state index >= 15 is 0 Å². The zero-order valence-corrected chi connectivity index (χ0v) is 11.8. The number of imidazole rings is 1. The Morgan fingerprint density at radius 3 is 2.65 bits per heavy atom. The fourth-order valence-electron chi connectivity index (χ4n) is 2.23. The van der Waals surface area contributed by atoms with E-state index in [4.69, 9.17) is 9.47 Å². The average Bonchev–Trinajstić information content (AvgIpc) is 2.89. The smallest absolute Gasteiger partial charge is 0.137 e. The highest BCUT2D eigenvalue weighted by Gasteiger charge is 2.11. The third-order valence-corrected chi connectivity index (χ3v) is 3.30. The molecule has 0 bridgehead atoms. The lowest BCUT2D eigenvalue weighted by molar-refractivity contribution is 0.404. The zero-order chi connectivity index (χ0) is 14.1. The molecule has 0 atom stereocenters. The van der Waals surface area contributed by atoms with Crippen molar-refractivity contribution in [1.82, 2.24) is 9.38 Å². The Bertz CT molecular complexity index is 762. The number of hydrogen-bond donors (Lipinski definition) is 0. The lowest BCUT2D eigenvalue weighted by atomic mass is 10.1. The number of pyridine rings is 1. The molecule has 0 saturated heterocycles. The summed E-state index contributed by atoms with van der Waals surface area (Å²) in [7, 11) is 3.31. The van der Waals surface area contributed by atoms with Gasteiger partial charge in [-0.15, -0.1) is 0 Å². The van der Waals surface area contributed by atoms with Crippen molar-refractivity contribution in [3.05, 3.63) is 48.3 Å². The van der Waals surface area contributed by atoms with E-state index < -0.39 is 0 Å². The number of aryl methyl sites for hydroxylation is 1. The average molecular weight is 268 g/mol. The molecule has 1 aromatic carbocycles. The van der Waals surface area contributed by atoms with Gasteiger partial charge in [0.25, 0.3) is 0 Å². The molecule has 102 valence electrons. The lowest BCUT2D eigenvalue weighted by Crippen LogP contribution is -1.90. The van der Waals surface area contributed by atoms with Gasteiger partial charge in [-0.05, 0) is 42.8 Å². The molecule has 0 fully saturated rings. The van der Waals surface area contributed by atoms with Crippen molar-refractivity contribution in [3.8, 4) is 22.8 Å². The second-order valence-corrected chi connectivity index (χ2v) is 4.66. The summed E-state index contributed by atoms with van der Waals surface area (Å²) in [6.07, 6.45) is 4.00. The Balaban J connectivity index is 2.18. The van der Waals surface area contributed by atoms with Crippen LogP contribution in [0.3, 0.4) is 0 Å². The summed E-state index contributed by atoms with van der Waals surface area (Å²) in [6.45, 7) is 2.06. The summed E-state index contributed by atoms with van der Waals surface area (Å²) < 4.78 is 12.7. The molecule has 4 heteroatoms. The Labute approximate surface area is 117 Å². The summed E-state index contributed by atoms with van der Waals surface area (Å²) in [4.78, 5) is 4.66. The van der Waals surface area contributed by atoms with Gasteiger partial charge in [-0.25, -0.2) is 4.98 Å². The minimum atomic E-state index is 0.783. The highest BCUT2D eigenvalue weighted by atomic mass is 16.5. The van der Waals surface area contributed by atoms with Crippen molar-refractivity contribution in [1.29, 1.82) is 0 Å². The topological polar surface area (TPSA) is 35.8 Å². The number of aromatic nitrogens is 2. The standard InChI is InChI=1S/C16H16N2O2/c1-11-6-7-18-10-14(17-16(18)8-11)13-9-12(19-2)4-5-15(13)20-3/h4-10H,1-3H3. The van der Waals surface area contributed by atoms with E-state index in [1.807, 2.05) is 35.0 Å². The van der Waals surface area contributed by atoms with Gasteiger partial charge in [0.15, 0.2) is 0 Å². The molecular formula is C16H16N2O2. The van der Waals surface area contributed by atoms with Crippen molar-refractivity contribution < 1.29 is 9.47 Å². The quantitative estimate of drug-likeness (QED) is 0.731. The Kier molecular flexibility index (Phi) is 3.06. The molecule has 0 N–H and O–H groups in total. The third-order valence-electron chi connectivity index (χ3n) is 3.30. The van der Waals surface area contributed by atoms with Gasteiger partial charge in [0.05, 0.1) is 19.9 Å². The van der Waals surface area contributed by atoms with Crippen LogP contribution in [0.2, 0.25) is 0 Å². The van der Waals surface area contributed by atoms with Gasteiger partial charge < -0.3 is 13.9 Å². The van der Waals surface area contributed by atoms with Crippen LogP contribution >= 0.6 is 0 Å². The van der Waals surface area contributed by atoms with E-state index in [2.05, 4.69) is 24.0 Å². The second-order valence-electron chi connectivity index (χ2n) is 4.66. The van der Waals surface area contributed by atoms with E-state index in [0.29, 0.717) is 0 Å². The van der Waals surface area contributed by atoms with Gasteiger partial charge >= 0.3 is 0 Å². The molecule has 0 aliphatic heterocycles. The summed E-state index contributed by atoms with van der Waals surface area (Å²) in [5.74, 6) is 1.57. The number of ether oxygens (including phenoxy) is 2. The van der Waals surface area contributed by atoms with Gasteiger partial charge in [-0.3, -0.25) is 0 Å². The lowest BCUT2D eigenvalue weighted by Gasteiger charge is -2.08. The molecule has 2 heterocycles. The van der Waals surface area contributed by atoms with Gasteiger partial charge in [0.1, 0.15) is 17.1 Å². The predicted molar refractivity (Wildman–Crippen MR) is 78.5 cm³/mol. The fourth-order valence-corrected chi connectivity index (χ4v) is 2.23. The fraction of sp³-hybridized carbons (Fsp3) is 0.188. The molecule has 0 spiro atoms. The van der Waals surface area contributed by atoms with Crippen LogP contribution in [0.4, 0.5) is 0 Å². The molecule has 4 nitrogen and oxygen atoms in total. The largest absolute Gasteiger partial charge is 0.497 e. The number of benzene rings is 1. The summed E-state index contributed by atoms with van der Waals surface area (Å²) in [5.41, 5.74) is 3.90. The molecule has 0 aliphatic carbocycles. The molecule has 0 amide bonds. The first-order valence-electron chi connectivity index (χ1n) is 6.39. The van der Waals surface area contributed by atoms with Crippen LogP contribution in [0.1, 0.15) is 5.56 Å². The first-order chi connectivity index (χ1) is 9.71. The van der Waals surface area contributed by atoms with E-state index in [9.17, 15) is 0 Å². The Morgan fingerprint density at radius 2 is 1.90 bits per heavy atom. The minimum absolute atomic E-state index is 0.783. The van der Waals surface area contributed by atoms with Crippen molar-refractivity contribution in [3.63, 3.8) is 0 Å². The van der Waals surface area contributed by atoms with Gasteiger partial charge in [-0.2, -0.15) is 0 Å². The van der Waals surface area contributed by atoms with Gasteiger partial charge in [-0.1, -0.05) is 0 Å². The van der Waals surface area contributed by atoms with Crippen LogP contribution in [-0.4, -0.2) is 23.6 Å². The van der Waals surface area contributed by atoms with Gasteiger partial charge in [0.2, 0.25) is 0 Å². The van der Waals surface area contributed by atoms with Crippen LogP contribution in [0.25, 0.3) is 16.9 Å². The molecule has 20 heavy (non-hydrogen) atoms. The zero-order valence-electron chi connectivity index (χ0n) is 11.8. The van der Waals surface area contributed by atoms with E-state index in [1.54, 1.807) is 14.2 Å². The van der Waals surface area contributed by atoms with Crippen LogP contribution in [0, 0.1) is 6.92 Å². The maximum Gasteiger partial charge on any atom is 0.137 e. The first kappa shape index (κ1) is 12.5. The first-order valence-corrected chi connectivity index (χ1v) is 6.39. The molecule has 0 saturated carbocycles. The number of rotatable bonds is 3. The summed E-state index contributed by atoms with van der Waals surface area (Å²) in [5, 5.41) is 0. The SMILES string of the molecule is COc1ccc(OC)c(-c2cn3ccc(C)cc3n2)c1. The minimum Gasteiger partial charge on any atom is -0.497 e. The predicted octanol–water partition coefficient (Wildman–Crippen LogP) is 3.33. The van der Waals surface area contributed by atoms with Crippen molar-refractivity contribution in [2.75, 3.05) is 14.2 Å². The van der Waals surface area contributed by atoms with Gasteiger partial charge in [0, 0.05) is 18.0 Å². The normalized spacial score (nSPS) is 10.8. The van der Waals surface area contributed by atoms with Crippen LogP contribution in [0.5, 0.6) is 11.5 Å². The molecule has 0 unspecified atom stereocenters. The second kappa shape index (κ2) is 4.89. The van der Waals surface area contributed by atoms with Crippen LogP contribution < -0.4 is 9.47 Å². The molecule has 3 aromatic rings. The molecule has 3 rings (SSSR count). The number of methoxy groups -OCH3 is 2. The van der Waals surface area contributed by atoms with E-state index in [-0.39, 0.29) is 0 Å². The summed E-state index contributed by atoms with van der Waals surface area (Å²) in [6, 6.07) is 9.82.